The highest BCUT2D eigenvalue weighted by atomic mass is 16.5. The van der Waals surface area contributed by atoms with Crippen LogP contribution < -0.4 is 10.6 Å². The largest absolute Gasteiger partial charge is 0.456 e. The Kier molecular flexibility index (Phi) is 11.0. The summed E-state index contributed by atoms with van der Waals surface area (Å²) < 4.78 is 9.86. The molecule has 2 N–H and O–H groups in total. The molecule has 2 aromatic carbocycles. The molecule has 2 rings (SSSR count). The second-order valence-electron chi connectivity index (χ2n) is 6.99. The summed E-state index contributed by atoms with van der Waals surface area (Å²) in [4.78, 5) is 46.8. The fraction of sp³-hybridized carbons (Fsp3) is 0.333. The standard InChI is InChI=1S/C24H28N2O6/c27-21(17-31-23(29)13-11-19-7-3-1-4-8-19)25-15-16-26-22(28)18-32-24(30)14-12-20-9-5-2-6-10-20/h1-10H,11-18H2,(H,25,27)(H,26,28). The molecule has 0 unspecified atom stereocenters. The molecule has 0 spiro atoms. The van der Waals surface area contributed by atoms with Gasteiger partial charge < -0.3 is 20.1 Å². The molecule has 2 amide bonds. The van der Waals surface area contributed by atoms with Crippen molar-refractivity contribution in [3.8, 4) is 0 Å². The van der Waals surface area contributed by atoms with Crippen molar-refractivity contribution in [1.29, 1.82) is 0 Å². The predicted molar refractivity (Wildman–Crippen MR) is 117 cm³/mol. The minimum absolute atomic E-state index is 0.161. The van der Waals surface area contributed by atoms with Crippen LogP contribution in [0.2, 0.25) is 0 Å². The quantitative estimate of drug-likeness (QED) is 0.361. The summed E-state index contributed by atoms with van der Waals surface area (Å²) in [5.74, 6) is -1.82. The summed E-state index contributed by atoms with van der Waals surface area (Å²) in [7, 11) is 0. The summed E-state index contributed by atoms with van der Waals surface area (Å²) in [5, 5.41) is 5.06. The maximum atomic E-state index is 11.7. The Morgan fingerprint density at radius 2 is 0.969 bits per heavy atom. The van der Waals surface area contributed by atoms with Gasteiger partial charge in [-0.15, -0.1) is 0 Å². The van der Waals surface area contributed by atoms with Crippen LogP contribution in [0.3, 0.4) is 0 Å². The summed E-state index contributed by atoms with van der Waals surface area (Å²) in [5.41, 5.74) is 2.04. The van der Waals surface area contributed by atoms with Gasteiger partial charge in [-0.25, -0.2) is 0 Å². The molecule has 32 heavy (non-hydrogen) atoms. The molecule has 8 heteroatoms. The average Bonchev–Trinajstić information content (AvgIpc) is 2.82. The van der Waals surface area contributed by atoms with Crippen LogP contribution in [0.5, 0.6) is 0 Å². The van der Waals surface area contributed by atoms with E-state index >= 15 is 0 Å². The number of hydrogen-bond acceptors (Lipinski definition) is 6. The van der Waals surface area contributed by atoms with Crippen molar-refractivity contribution in [1.82, 2.24) is 10.6 Å². The molecule has 2 aromatic rings. The Labute approximate surface area is 187 Å². The van der Waals surface area contributed by atoms with Gasteiger partial charge in [0.1, 0.15) is 0 Å². The number of hydrogen-bond donors (Lipinski definition) is 2. The first kappa shape index (κ1) is 24.6. The van der Waals surface area contributed by atoms with Gasteiger partial charge in [-0.3, -0.25) is 19.2 Å². The minimum atomic E-state index is -0.459. The average molecular weight is 440 g/mol. The smallest absolute Gasteiger partial charge is 0.306 e. The van der Waals surface area contributed by atoms with Crippen molar-refractivity contribution in [2.45, 2.75) is 25.7 Å². The molecule has 0 radical (unpaired) electrons. The molecule has 0 fully saturated rings. The van der Waals surface area contributed by atoms with Crippen LogP contribution in [0.4, 0.5) is 0 Å². The Balaban J connectivity index is 1.46. The van der Waals surface area contributed by atoms with Crippen molar-refractivity contribution < 1.29 is 28.7 Å². The van der Waals surface area contributed by atoms with E-state index < -0.39 is 23.8 Å². The zero-order valence-electron chi connectivity index (χ0n) is 17.9. The summed E-state index contributed by atoms with van der Waals surface area (Å²) in [6, 6.07) is 19.0. The van der Waals surface area contributed by atoms with Gasteiger partial charge in [0.25, 0.3) is 11.8 Å². The highest BCUT2D eigenvalue weighted by Crippen LogP contribution is 2.04. The summed E-state index contributed by atoms with van der Waals surface area (Å²) in [6.07, 6.45) is 1.48. The highest BCUT2D eigenvalue weighted by molar-refractivity contribution is 5.81. The molecule has 0 heterocycles. The molecule has 0 atom stereocenters. The van der Waals surface area contributed by atoms with E-state index in [0.717, 1.165) is 11.1 Å². The lowest BCUT2D eigenvalue weighted by atomic mass is 10.1. The third kappa shape index (κ3) is 10.9. The van der Waals surface area contributed by atoms with Crippen molar-refractivity contribution in [3.63, 3.8) is 0 Å². The first-order valence-electron chi connectivity index (χ1n) is 10.5. The van der Waals surface area contributed by atoms with Crippen molar-refractivity contribution in [2.24, 2.45) is 0 Å². The lowest BCUT2D eigenvalue weighted by Gasteiger charge is -2.08. The van der Waals surface area contributed by atoms with E-state index in [1.54, 1.807) is 0 Å². The van der Waals surface area contributed by atoms with Gasteiger partial charge in [0.15, 0.2) is 13.2 Å². The van der Waals surface area contributed by atoms with E-state index in [-0.39, 0.29) is 39.1 Å². The molecule has 0 saturated heterocycles. The maximum absolute atomic E-state index is 11.7. The number of carbonyl (C=O) groups is 4. The maximum Gasteiger partial charge on any atom is 0.306 e. The van der Waals surface area contributed by atoms with Crippen LogP contribution in [0.15, 0.2) is 60.7 Å². The summed E-state index contributed by atoms with van der Waals surface area (Å²) in [6.45, 7) is -0.427. The number of benzene rings is 2. The molecular weight excluding hydrogens is 412 g/mol. The number of esters is 2. The van der Waals surface area contributed by atoms with E-state index in [0.29, 0.717) is 12.8 Å². The van der Waals surface area contributed by atoms with Gasteiger partial charge in [-0.1, -0.05) is 60.7 Å². The topological polar surface area (TPSA) is 111 Å². The molecule has 0 aliphatic rings. The van der Waals surface area contributed by atoms with Crippen molar-refractivity contribution in [2.75, 3.05) is 26.3 Å². The summed E-state index contributed by atoms with van der Waals surface area (Å²) >= 11 is 0. The number of carbonyl (C=O) groups excluding carboxylic acids is 4. The van der Waals surface area contributed by atoms with Gasteiger partial charge in [0.05, 0.1) is 0 Å². The Morgan fingerprint density at radius 1 is 0.594 bits per heavy atom. The fourth-order valence-electron chi connectivity index (χ4n) is 2.72. The normalized spacial score (nSPS) is 10.1. The third-order valence-electron chi connectivity index (χ3n) is 4.42. The van der Waals surface area contributed by atoms with Crippen LogP contribution in [0, 0.1) is 0 Å². The van der Waals surface area contributed by atoms with Gasteiger partial charge in [-0.2, -0.15) is 0 Å². The number of amides is 2. The van der Waals surface area contributed by atoms with E-state index in [1.807, 2.05) is 60.7 Å². The monoisotopic (exact) mass is 440 g/mol. The fourth-order valence-corrected chi connectivity index (χ4v) is 2.72. The van der Waals surface area contributed by atoms with E-state index in [2.05, 4.69) is 10.6 Å². The lowest BCUT2D eigenvalue weighted by Crippen LogP contribution is -2.38. The second kappa shape index (κ2) is 14.3. The molecule has 0 saturated carbocycles. The van der Waals surface area contributed by atoms with E-state index in [1.165, 1.54) is 0 Å². The van der Waals surface area contributed by atoms with Gasteiger partial charge in [0.2, 0.25) is 0 Å². The van der Waals surface area contributed by atoms with Crippen molar-refractivity contribution >= 4 is 23.8 Å². The molecule has 0 aliphatic heterocycles. The van der Waals surface area contributed by atoms with E-state index in [9.17, 15) is 19.2 Å². The van der Waals surface area contributed by atoms with Crippen LogP contribution in [0.1, 0.15) is 24.0 Å². The Morgan fingerprint density at radius 3 is 1.34 bits per heavy atom. The molecule has 170 valence electrons. The number of nitrogens with one attached hydrogen (secondary N) is 2. The van der Waals surface area contributed by atoms with Crippen LogP contribution >= 0.6 is 0 Å². The van der Waals surface area contributed by atoms with Crippen LogP contribution in [-0.2, 0) is 41.5 Å². The molecule has 0 aromatic heterocycles. The Hall–Kier alpha value is -3.68. The second-order valence-corrected chi connectivity index (χ2v) is 6.99. The zero-order valence-corrected chi connectivity index (χ0v) is 17.9. The number of ether oxygens (including phenoxy) is 2. The molecular formula is C24H28N2O6. The minimum Gasteiger partial charge on any atom is -0.456 e. The van der Waals surface area contributed by atoms with Gasteiger partial charge in [0, 0.05) is 25.9 Å². The Bertz CT molecular complexity index is 797. The van der Waals surface area contributed by atoms with Crippen LogP contribution in [-0.4, -0.2) is 50.1 Å². The highest BCUT2D eigenvalue weighted by Gasteiger charge is 2.09. The first-order valence-corrected chi connectivity index (χ1v) is 10.5. The number of aryl methyl sites for hydroxylation is 2. The SMILES string of the molecule is O=C(COC(=O)CCc1ccccc1)NCCNC(=O)COC(=O)CCc1ccccc1. The van der Waals surface area contributed by atoms with Crippen LogP contribution in [0.25, 0.3) is 0 Å². The zero-order chi connectivity index (χ0) is 23.0. The van der Waals surface area contributed by atoms with Crippen molar-refractivity contribution in [3.05, 3.63) is 71.8 Å². The molecule has 0 aliphatic carbocycles. The van der Waals surface area contributed by atoms with E-state index in [4.69, 9.17) is 9.47 Å². The van der Waals surface area contributed by atoms with Gasteiger partial charge >= 0.3 is 11.9 Å². The predicted octanol–water partition coefficient (Wildman–Crippen LogP) is 1.57. The molecule has 0 bridgehead atoms. The lowest BCUT2D eigenvalue weighted by molar-refractivity contribution is -0.149. The number of rotatable bonds is 13. The first-order chi connectivity index (χ1) is 15.5. The molecule has 8 nitrogen and oxygen atoms in total. The third-order valence-corrected chi connectivity index (χ3v) is 4.42. The van der Waals surface area contributed by atoms with Gasteiger partial charge in [-0.05, 0) is 24.0 Å².